The van der Waals surface area contributed by atoms with Crippen molar-refractivity contribution in [3.05, 3.63) is 24.0 Å². The minimum atomic E-state index is -0.0722. The minimum Gasteiger partial charge on any atom is -0.385 e. The summed E-state index contributed by atoms with van der Waals surface area (Å²) in [6, 6.07) is 3.69. The van der Waals surface area contributed by atoms with E-state index in [1.165, 1.54) is 12.8 Å². The van der Waals surface area contributed by atoms with Crippen molar-refractivity contribution in [1.82, 2.24) is 10.3 Å². The molecule has 1 amide bonds. The molecule has 1 heterocycles. The SMILES string of the molecule is CCCNc1ccnc(C(=O)NCC2CC2)c1. The number of aromatic nitrogens is 1. The van der Waals surface area contributed by atoms with Gasteiger partial charge in [0.05, 0.1) is 0 Å². The number of anilines is 1. The molecule has 1 fully saturated rings. The molecule has 0 aromatic carbocycles. The Labute approximate surface area is 102 Å². The maximum atomic E-state index is 11.8. The van der Waals surface area contributed by atoms with Crippen LogP contribution in [0.1, 0.15) is 36.7 Å². The van der Waals surface area contributed by atoms with E-state index in [9.17, 15) is 4.79 Å². The van der Waals surface area contributed by atoms with Crippen LogP contribution < -0.4 is 10.6 Å². The van der Waals surface area contributed by atoms with Gasteiger partial charge in [-0.15, -0.1) is 0 Å². The van der Waals surface area contributed by atoms with Gasteiger partial charge in [-0.1, -0.05) is 6.92 Å². The molecule has 0 saturated heterocycles. The van der Waals surface area contributed by atoms with Gasteiger partial charge < -0.3 is 10.6 Å². The third kappa shape index (κ3) is 3.73. The van der Waals surface area contributed by atoms with E-state index in [4.69, 9.17) is 0 Å². The Balaban J connectivity index is 1.91. The van der Waals surface area contributed by atoms with Gasteiger partial charge in [-0.25, -0.2) is 0 Å². The summed E-state index contributed by atoms with van der Waals surface area (Å²) in [7, 11) is 0. The summed E-state index contributed by atoms with van der Waals surface area (Å²) in [4.78, 5) is 15.9. The van der Waals surface area contributed by atoms with Crippen LogP contribution in [0.15, 0.2) is 18.3 Å². The summed E-state index contributed by atoms with van der Waals surface area (Å²) in [5, 5.41) is 6.16. The Hall–Kier alpha value is -1.58. The van der Waals surface area contributed by atoms with Gasteiger partial charge in [0, 0.05) is 25.0 Å². The van der Waals surface area contributed by atoms with Crippen molar-refractivity contribution in [2.24, 2.45) is 5.92 Å². The molecule has 1 aromatic heterocycles. The Morgan fingerprint density at radius 2 is 2.35 bits per heavy atom. The van der Waals surface area contributed by atoms with E-state index in [0.29, 0.717) is 11.6 Å². The van der Waals surface area contributed by atoms with Gasteiger partial charge in [0.15, 0.2) is 0 Å². The van der Waals surface area contributed by atoms with Crippen LogP contribution in [-0.2, 0) is 0 Å². The van der Waals surface area contributed by atoms with Gasteiger partial charge in [0.25, 0.3) is 5.91 Å². The third-order valence-corrected chi connectivity index (χ3v) is 2.82. The molecule has 17 heavy (non-hydrogen) atoms. The second-order valence-corrected chi connectivity index (χ2v) is 4.51. The van der Waals surface area contributed by atoms with Crippen molar-refractivity contribution < 1.29 is 4.79 Å². The molecule has 1 aliphatic carbocycles. The molecule has 0 spiro atoms. The molecule has 2 rings (SSSR count). The summed E-state index contributed by atoms with van der Waals surface area (Å²) in [5.41, 5.74) is 1.45. The first-order valence-corrected chi connectivity index (χ1v) is 6.27. The highest BCUT2D eigenvalue weighted by Gasteiger charge is 2.22. The van der Waals surface area contributed by atoms with Crippen LogP contribution in [0, 0.1) is 5.92 Å². The number of nitrogens with zero attached hydrogens (tertiary/aromatic N) is 1. The zero-order valence-corrected chi connectivity index (χ0v) is 10.2. The molecule has 4 nitrogen and oxygen atoms in total. The standard InChI is InChI=1S/C13H19N3O/c1-2-6-14-11-5-7-15-12(8-11)13(17)16-9-10-3-4-10/h5,7-8,10H,2-4,6,9H2,1H3,(H,14,15)(H,16,17). The molecule has 0 bridgehead atoms. The number of rotatable bonds is 6. The fourth-order valence-electron chi connectivity index (χ4n) is 1.58. The highest BCUT2D eigenvalue weighted by Crippen LogP contribution is 2.27. The molecule has 4 heteroatoms. The lowest BCUT2D eigenvalue weighted by atomic mass is 10.3. The van der Waals surface area contributed by atoms with Gasteiger partial charge in [-0.2, -0.15) is 0 Å². The van der Waals surface area contributed by atoms with E-state index in [1.807, 2.05) is 6.07 Å². The lowest BCUT2D eigenvalue weighted by Crippen LogP contribution is -2.26. The normalized spacial score (nSPS) is 14.4. The molecular formula is C13H19N3O. The van der Waals surface area contributed by atoms with Crippen LogP contribution >= 0.6 is 0 Å². The van der Waals surface area contributed by atoms with E-state index < -0.39 is 0 Å². The third-order valence-electron chi connectivity index (χ3n) is 2.82. The summed E-state index contributed by atoms with van der Waals surface area (Å²) >= 11 is 0. The van der Waals surface area contributed by atoms with Gasteiger partial charge in [-0.3, -0.25) is 9.78 Å². The number of carbonyl (C=O) groups excluding carboxylic acids is 1. The summed E-state index contributed by atoms with van der Waals surface area (Å²) < 4.78 is 0. The Morgan fingerprint density at radius 1 is 1.53 bits per heavy atom. The van der Waals surface area contributed by atoms with Crippen molar-refractivity contribution in [2.75, 3.05) is 18.4 Å². The molecule has 0 radical (unpaired) electrons. The van der Waals surface area contributed by atoms with Crippen LogP contribution in [0.2, 0.25) is 0 Å². The average molecular weight is 233 g/mol. The Kier molecular flexibility index (Phi) is 3.96. The fourth-order valence-corrected chi connectivity index (χ4v) is 1.58. The molecule has 1 saturated carbocycles. The number of amides is 1. The summed E-state index contributed by atoms with van der Waals surface area (Å²) in [6.45, 7) is 3.80. The van der Waals surface area contributed by atoms with E-state index in [-0.39, 0.29) is 5.91 Å². The topological polar surface area (TPSA) is 54.0 Å². The van der Waals surface area contributed by atoms with Crippen LogP contribution in [-0.4, -0.2) is 24.0 Å². The number of nitrogens with one attached hydrogen (secondary N) is 2. The van der Waals surface area contributed by atoms with E-state index >= 15 is 0 Å². The van der Waals surface area contributed by atoms with E-state index in [2.05, 4.69) is 22.5 Å². The zero-order chi connectivity index (χ0) is 12.1. The van der Waals surface area contributed by atoms with Gasteiger partial charge in [0.2, 0.25) is 0 Å². The monoisotopic (exact) mass is 233 g/mol. The highest BCUT2D eigenvalue weighted by molar-refractivity contribution is 5.93. The molecule has 1 aromatic rings. The minimum absolute atomic E-state index is 0.0722. The average Bonchev–Trinajstić information content (AvgIpc) is 3.18. The van der Waals surface area contributed by atoms with Crippen LogP contribution in [0.3, 0.4) is 0 Å². The Morgan fingerprint density at radius 3 is 3.06 bits per heavy atom. The quantitative estimate of drug-likeness (QED) is 0.790. The lowest BCUT2D eigenvalue weighted by Gasteiger charge is -2.07. The number of pyridine rings is 1. The van der Waals surface area contributed by atoms with Crippen molar-refractivity contribution >= 4 is 11.6 Å². The molecule has 0 unspecified atom stereocenters. The van der Waals surface area contributed by atoms with Crippen LogP contribution in [0.25, 0.3) is 0 Å². The molecule has 0 atom stereocenters. The van der Waals surface area contributed by atoms with E-state index in [1.54, 1.807) is 12.3 Å². The maximum Gasteiger partial charge on any atom is 0.269 e. The smallest absolute Gasteiger partial charge is 0.269 e. The second kappa shape index (κ2) is 5.66. The van der Waals surface area contributed by atoms with Gasteiger partial charge >= 0.3 is 0 Å². The lowest BCUT2D eigenvalue weighted by molar-refractivity contribution is 0.0947. The van der Waals surface area contributed by atoms with Crippen molar-refractivity contribution in [1.29, 1.82) is 0 Å². The Bertz CT molecular complexity index is 388. The number of hydrogen-bond donors (Lipinski definition) is 2. The van der Waals surface area contributed by atoms with E-state index in [0.717, 1.165) is 25.2 Å². The fraction of sp³-hybridized carbons (Fsp3) is 0.538. The first-order chi connectivity index (χ1) is 8.29. The zero-order valence-electron chi connectivity index (χ0n) is 10.2. The molecular weight excluding hydrogens is 214 g/mol. The van der Waals surface area contributed by atoms with Crippen molar-refractivity contribution in [2.45, 2.75) is 26.2 Å². The molecule has 2 N–H and O–H groups in total. The number of hydrogen-bond acceptors (Lipinski definition) is 3. The van der Waals surface area contributed by atoms with Crippen LogP contribution in [0.4, 0.5) is 5.69 Å². The predicted molar refractivity (Wildman–Crippen MR) is 68.1 cm³/mol. The second-order valence-electron chi connectivity index (χ2n) is 4.51. The highest BCUT2D eigenvalue weighted by atomic mass is 16.1. The summed E-state index contributed by atoms with van der Waals surface area (Å²) in [5.74, 6) is 0.623. The van der Waals surface area contributed by atoms with Gasteiger partial charge in [-0.05, 0) is 37.3 Å². The maximum absolute atomic E-state index is 11.8. The largest absolute Gasteiger partial charge is 0.385 e. The first-order valence-electron chi connectivity index (χ1n) is 6.27. The van der Waals surface area contributed by atoms with Crippen molar-refractivity contribution in [3.63, 3.8) is 0 Å². The molecule has 0 aliphatic heterocycles. The molecule has 92 valence electrons. The summed E-state index contributed by atoms with van der Waals surface area (Å²) in [6.07, 6.45) is 5.22. The van der Waals surface area contributed by atoms with Crippen LogP contribution in [0.5, 0.6) is 0 Å². The first kappa shape index (κ1) is 11.9. The van der Waals surface area contributed by atoms with Gasteiger partial charge in [0.1, 0.15) is 5.69 Å². The molecule has 1 aliphatic rings. The number of carbonyl (C=O) groups is 1. The predicted octanol–water partition coefficient (Wildman–Crippen LogP) is 2.04. The van der Waals surface area contributed by atoms with Crippen molar-refractivity contribution in [3.8, 4) is 0 Å².